The second-order valence-electron chi connectivity index (χ2n) is 4.20. The number of nitrogen functional groups attached to an aromatic ring is 1. The van der Waals surface area contributed by atoms with Gasteiger partial charge in [0.05, 0.1) is 0 Å². The summed E-state index contributed by atoms with van der Waals surface area (Å²) in [5.74, 6) is 0.0691. The van der Waals surface area contributed by atoms with E-state index in [1.807, 2.05) is 0 Å². The highest BCUT2D eigenvalue weighted by Gasteiger charge is 2.09. The van der Waals surface area contributed by atoms with Gasteiger partial charge in [0.1, 0.15) is 5.52 Å². The zero-order chi connectivity index (χ0) is 14.1. The van der Waals surface area contributed by atoms with Crippen molar-refractivity contribution in [2.24, 2.45) is 0 Å². The van der Waals surface area contributed by atoms with Crippen LogP contribution in [-0.2, 0) is 6.61 Å². The van der Waals surface area contributed by atoms with Gasteiger partial charge in [-0.05, 0) is 30.3 Å². The molecule has 0 aliphatic rings. The van der Waals surface area contributed by atoms with Crippen molar-refractivity contribution < 1.29 is 13.5 Å². The third-order valence-electron chi connectivity index (χ3n) is 2.70. The fraction of sp³-hybridized carbons (Fsp3) is 0.0714. The molecule has 0 saturated carbocycles. The summed E-state index contributed by atoms with van der Waals surface area (Å²) < 4.78 is 25.1. The zero-order valence-corrected chi connectivity index (χ0v) is 11.9. The number of hydrogen-bond donors (Lipinski definition) is 1. The first-order chi connectivity index (χ1) is 9.61. The average Bonchev–Trinajstić information content (AvgIpc) is 2.81. The summed E-state index contributed by atoms with van der Waals surface area (Å²) in [6.07, 6.45) is 0. The van der Waals surface area contributed by atoms with E-state index in [-0.39, 0.29) is 12.4 Å². The van der Waals surface area contributed by atoms with Crippen LogP contribution in [0.1, 0.15) is 5.89 Å². The van der Waals surface area contributed by atoms with Gasteiger partial charge >= 0.3 is 0 Å². The van der Waals surface area contributed by atoms with E-state index < -0.39 is 5.82 Å². The van der Waals surface area contributed by atoms with E-state index in [1.165, 1.54) is 6.07 Å². The van der Waals surface area contributed by atoms with Gasteiger partial charge in [-0.15, -0.1) is 0 Å². The quantitative estimate of drug-likeness (QED) is 0.737. The Morgan fingerprint density at radius 3 is 2.95 bits per heavy atom. The van der Waals surface area contributed by atoms with Crippen molar-refractivity contribution in [3.8, 4) is 5.75 Å². The first-order valence-electron chi connectivity index (χ1n) is 5.84. The summed E-state index contributed by atoms with van der Waals surface area (Å²) in [6, 6.07) is 9.67. The Kier molecular flexibility index (Phi) is 3.31. The lowest BCUT2D eigenvalue weighted by atomic mass is 10.3. The number of benzene rings is 2. The molecule has 4 nitrogen and oxygen atoms in total. The highest BCUT2D eigenvalue weighted by molar-refractivity contribution is 9.10. The number of ether oxygens (including phenoxy) is 1. The number of halogens is 2. The third kappa shape index (κ3) is 2.60. The van der Waals surface area contributed by atoms with Crippen LogP contribution in [0.2, 0.25) is 0 Å². The Morgan fingerprint density at radius 2 is 2.10 bits per heavy atom. The molecule has 0 unspecified atom stereocenters. The molecule has 0 aliphatic carbocycles. The normalized spacial score (nSPS) is 10.9. The van der Waals surface area contributed by atoms with Crippen LogP contribution in [-0.4, -0.2) is 4.98 Å². The van der Waals surface area contributed by atoms with Gasteiger partial charge in [0.2, 0.25) is 5.89 Å². The monoisotopic (exact) mass is 336 g/mol. The number of aromatic nitrogens is 1. The number of nitrogens with zero attached hydrogens (tertiary/aromatic N) is 1. The highest BCUT2D eigenvalue weighted by Crippen LogP contribution is 2.24. The maximum Gasteiger partial charge on any atom is 0.233 e. The van der Waals surface area contributed by atoms with Gasteiger partial charge in [-0.25, -0.2) is 9.37 Å². The van der Waals surface area contributed by atoms with E-state index in [2.05, 4.69) is 20.9 Å². The number of nitrogens with two attached hydrogens (primary N) is 1. The second kappa shape index (κ2) is 5.13. The van der Waals surface area contributed by atoms with Gasteiger partial charge in [0, 0.05) is 16.2 Å². The minimum absolute atomic E-state index is 0.0436. The molecule has 0 bridgehead atoms. The molecule has 1 aromatic heterocycles. The van der Waals surface area contributed by atoms with Crippen LogP contribution in [0.4, 0.5) is 10.1 Å². The van der Waals surface area contributed by atoms with Crippen LogP contribution in [0.5, 0.6) is 5.75 Å². The predicted octanol–water partition coefficient (Wildman–Crippen LogP) is 3.89. The number of anilines is 1. The highest BCUT2D eigenvalue weighted by atomic mass is 79.9. The lowest BCUT2D eigenvalue weighted by molar-refractivity contribution is 0.255. The number of fused-ring (bicyclic) bond motifs is 1. The first-order valence-corrected chi connectivity index (χ1v) is 6.64. The molecule has 2 N–H and O–H groups in total. The van der Waals surface area contributed by atoms with Crippen molar-refractivity contribution in [2.45, 2.75) is 6.61 Å². The smallest absolute Gasteiger partial charge is 0.233 e. The lowest BCUT2D eigenvalue weighted by Crippen LogP contribution is -1.97. The third-order valence-corrected chi connectivity index (χ3v) is 3.19. The van der Waals surface area contributed by atoms with Crippen molar-refractivity contribution in [1.82, 2.24) is 4.98 Å². The summed E-state index contributed by atoms with van der Waals surface area (Å²) in [7, 11) is 0. The van der Waals surface area contributed by atoms with Crippen LogP contribution in [0, 0.1) is 5.82 Å². The second-order valence-corrected chi connectivity index (χ2v) is 5.11. The standard InChI is InChI=1S/C14H10BrFN2O2/c15-8-1-3-10(16)12(5-8)19-7-14-18-11-4-2-9(17)6-13(11)20-14/h1-6H,7,17H2. The Bertz CT molecular complexity index is 773. The number of hydrogen-bond acceptors (Lipinski definition) is 4. The topological polar surface area (TPSA) is 61.3 Å². The molecular formula is C14H10BrFN2O2. The van der Waals surface area contributed by atoms with Crippen LogP contribution in [0.15, 0.2) is 45.3 Å². The van der Waals surface area contributed by atoms with E-state index in [0.29, 0.717) is 22.7 Å². The van der Waals surface area contributed by atoms with E-state index >= 15 is 0 Å². The fourth-order valence-electron chi connectivity index (χ4n) is 1.78. The SMILES string of the molecule is Nc1ccc2nc(COc3cc(Br)ccc3F)oc2c1. The minimum Gasteiger partial charge on any atom is -0.481 e. The van der Waals surface area contributed by atoms with Crippen molar-refractivity contribution in [1.29, 1.82) is 0 Å². The van der Waals surface area contributed by atoms with E-state index in [1.54, 1.807) is 30.3 Å². The molecule has 0 aliphatic heterocycles. The summed E-state index contributed by atoms with van der Waals surface area (Å²) >= 11 is 3.26. The predicted molar refractivity (Wildman–Crippen MR) is 76.9 cm³/mol. The molecule has 20 heavy (non-hydrogen) atoms. The molecule has 0 radical (unpaired) electrons. The molecule has 0 saturated heterocycles. The Morgan fingerprint density at radius 1 is 1.25 bits per heavy atom. The van der Waals surface area contributed by atoms with Crippen LogP contribution < -0.4 is 10.5 Å². The minimum atomic E-state index is -0.437. The first kappa shape index (κ1) is 12.9. The number of oxazole rings is 1. The molecule has 1 heterocycles. The molecule has 0 atom stereocenters. The maximum atomic E-state index is 13.5. The summed E-state index contributed by atoms with van der Waals surface area (Å²) in [6.45, 7) is 0.0436. The van der Waals surface area contributed by atoms with E-state index in [0.717, 1.165) is 4.47 Å². The molecule has 0 amide bonds. The summed E-state index contributed by atoms with van der Waals surface area (Å²) in [4.78, 5) is 4.24. The largest absolute Gasteiger partial charge is 0.481 e. The molecule has 6 heteroatoms. The summed E-state index contributed by atoms with van der Waals surface area (Å²) in [5, 5.41) is 0. The van der Waals surface area contributed by atoms with Gasteiger partial charge in [-0.1, -0.05) is 15.9 Å². The maximum absolute atomic E-state index is 13.5. The van der Waals surface area contributed by atoms with Gasteiger partial charge in [-0.2, -0.15) is 0 Å². The fourth-order valence-corrected chi connectivity index (χ4v) is 2.12. The molecule has 0 fully saturated rings. The average molecular weight is 337 g/mol. The van der Waals surface area contributed by atoms with Gasteiger partial charge < -0.3 is 14.9 Å². The molecule has 102 valence electrons. The molecule has 2 aromatic carbocycles. The Labute approximate surface area is 122 Å². The van der Waals surface area contributed by atoms with Crippen LogP contribution >= 0.6 is 15.9 Å². The van der Waals surface area contributed by atoms with Gasteiger partial charge in [-0.3, -0.25) is 0 Å². The van der Waals surface area contributed by atoms with Crippen LogP contribution in [0.25, 0.3) is 11.1 Å². The lowest BCUT2D eigenvalue weighted by Gasteiger charge is -2.04. The van der Waals surface area contributed by atoms with E-state index in [4.69, 9.17) is 14.9 Å². The van der Waals surface area contributed by atoms with Crippen LogP contribution in [0.3, 0.4) is 0 Å². The van der Waals surface area contributed by atoms with E-state index in [9.17, 15) is 4.39 Å². The Balaban J connectivity index is 1.81. The summed E-state index contributed by atoms with van der Waals surface area (Å²) in [5.41, 5.74) is 7.53. The van der Waals surface area contributed by atoms with Gasteiger partial charge in [0.25, 0.3) is 0 Å². The molecule has 0 spiro atoms. The molecule has 3 rings (SSSR count). The van der Waals surface area contributed by atoms with Crippen molar-refractivity contribution in [2.75, 3.05) is 5.73 Å². The van der Waals surface area contributed by atoms with Gasteiger partial charge in [0.15, 0.2) is 23.8 Å². The van der Waals surface area contributed by atoms with Crippen molar-refractivity contribution >= 4 is 32.7 Å². The Hall–Kier alpha value is -2.08. The van der Waals surface area contributed by atoms with Crippen molar-refractivity contribution in [3.05, 3.63) is 52.6 Å². The zero-order valence-electron chi connectivity index (χ0n) is 10.3. The van der Waals surface area contributed by atoms with Crippen molar-refractivity contribution in [3.63, 3.8) is 0 Å². The molecule has 3 aromatic rings. The number of rotatable bonds is 3. The molecular weight excluding hydrogens is 327 g/mol.